The molecule has 2 aromatic rings. The van der Waals surface area contributed by atoms with E-state index in [1.165, 1.54) is 48.2 Å². The summed E-state index contributed by atoms with van der Waals surface area (Å²) in [6.45, 7) is 0. The lowest BCUT2D eigenvalue weighted by Crippen LogP contribution is -2.26. The Kier molecular flexibility index (Phi) is 5.69. The second-order valence-electron chi connectivity index (χ2n) is 4.78. The van der Waals surface area contributed by atoms with E-state index in [4.69, 9.17) is 0 Å². The summed E-state index contributed by atoms with van der Waals surface area (Å²) in [5, 5.41) is 9.42. The molecule has 3 nitrogen and oxygen atoms in total. The third-order valence-electron chi connectivity index (χ3n) is 3.29. The average molecular weight is 353 g/mol. The fourth-order valence-corrected chi connectivity index (χ4v) is 2.57. The first-order valence-electron chi connectivity index (χ1n) is 6.84. The number of hydrogen-bond donors (Lipinski definition) is 2. The van der Waals surface area contributed by atoms with E-state index in [-0.39, 0.29) is 16.8 Å². The van der Waals surface area contributed by atoms with Crippen LogP contribution in [0.5, 0.6) is 0 Å². The van der Waals surface area contributed by atoms with Gasteiger partial charge in [0.15, 0.2) is 0 Å². The molecule has 0 aliphatic rings. The van der Waals surface area contributed by atoms with Crippen molar-refractivity contribution in [1.82, 2.24) is 5.48 Å². The van der Waals surface area contributed by atoms with Gasteiger partial charge in [-0.2, -0.15) is 13.2 Å². The lowest BCUT2D eigenvalue weighted by Gasteiger charge is -2.16. The van der Waals surface area contributed by atoms with Gasteiger partial charge < -0.3 is 0 Å². The van der Waals surface area contributed by atoms with E-state index in [2.05, 4.69) is 0 Å². The number of ketones is 1. The quantitative estimate of drug-likeness (QED) is 0.362. The Morgan fingerprint density at radius 1 is 1.00 bits per heavy atom. The molecule has 0 bridgehead atoms. The highest BCUT2D eigenvalue weighted by Crippen LogP contribution is 2.32. The number of halogens is 3. The molecule has 0 atom stereocenters. The fourth-order valence-electron chi connectivity index (χ4n) is 2.16. The lowest BCUT2D eigenvalue weighted by molar-refractivity contribution is -0.164. The van der Waals surface area contributed by atoms with Crippen LogP contribution in [0.3, 0.4) is 0 Å². The number of nitrogens with one attached hydrogen (secondary N) is 1. The summed E-state index contributed by atoms with van der Waals surface area (Å²) in [4.78, 5) is 12.8. The maximum atomic E-state index is 13.0. The second-order valence-corrected chi connectivity index (χ2v) is 5.66. The number of thioether (sulfide) groups is 1. The van der Waals surface area contributed by atoms with E-state index in [9.17, 15) is 23.2 Å². The molecule has 0 aromatic heterocycles. The fraction of sp³-hybridized carbons (Fsp3) is 0.118. The van der Waals surface area contributed by atoms with Gasteiger partial charge in [0.05, 0.1) is 11.3 Å². The Morgan fingerprint density at radius 3 is 2.04 bits per heavy atom. The molecule has 0 radical (unpaired) electrons. The van der Waals surface area contributed by atoms with Crippen LogP contribution < -0.4 is 5.48 Å². The number of carbonyl (C=O) groups excluding carboxylic acids is 1. The minimum absolute atomic E-state index is 0.0605. The van der Waals surface area contributed by atoms with E-state index < -0.39 is 17.5 Å². The monoisotopic (exact) mass is 353 g/mol. The maximum Gasteiger partial charge on any atom is 0.454 e. The Balaban J connectivity index is 2.68. The molecule has 0 aliphatic heterocycles. The van der Waals surface area contributed by atoms with Gasteiger partial charge in [0.2, 0.25) is 0 Å². The van der Waals surface area contributed by atoms with Gasteiger partial charge in [-0.05, 0) is 24.0 Å². The van der Waals surface area contributed by atoms with Crippen LogP contribution in [0.25, 0.3) is 11.3 Å². The standard InChI is InChI=1S/C17H14F3NO2S/c1-24-13-9-7-12(8-10-13)15(21-23)14(16(22)17(18,19)20)11-5-3-2-4-6-11/h2-10,21,23H,1H3/b15-14-. The SMILES string of the molecule is CSc1ccc(/C(NO)=C(/C(=O)C(F)(F)F)c2ccccc2)cc1. The predicted molar refractivity (Wildman–Crippen MR) is 87.5 cm³/mol. The van der Waals surface area contributed by atoms with Crippen LogP contribution in [0.4, 0.5) is 13.2 Å². The zero-order chi connectivity index (χ0) is 17.7. The largest absolute Gasteiger partial charge is 0.454 e. The number of hydrogen-bond acceptors (Lipinski definition) is 4. The van der Waals surface area contributed by atoms with Gasteiger partial charge in [0, 0.05) is 10.5 Å². The Morgan fingerprint density at radius 2 is 1.58 bits per heavy atom. The van der Waals surface area contributed by atoms with Gasteiger partial charge in [0.25, 0.3) is 5.78 Å². The Bertz CT molecular complexity index is 741. The van der Waals surface area contributed by atoms with Crippen molar-refractivity contribution >= 4 is 28.8 Å². The topological polar surface area (TPSA) is 49.3 Å². The molecule has 0 unspecified atom stereocenters. The molecule has 24 heavy (non-hydrogen) atoms. The molecule has 2 N–H and O–H groups in total. The number of carbonyl (C=O) groups is 1. The van der Waals surface area contributed by atoms with Crippen molar-refractivity contribution in [3.8, 4) is 0 Å². The molecule has 7 heteroatoms. The minimum Gasteiger partial charge on any atom is -0.291 e. The molecule has 0 spiro atoms. The average Bonchev–Trinajstić information content (AvgIpc) is 2.59. The molecule has 0 heterocycles. The van der Waals surface area contributed by atoms with E-state index in [1.807, 2.05) is 6.26 Å². The highest BCUT2D eigenvalue weighted by Gasteiger charge is 2.42. The van der Waals surface area contributed by atoms with E-state index in [1.54, 1.807) is 23.7 Å². The first kappa shape index (κ1) is 18.1. The summed E-state index contributed by atoms with van der Waals surface area (Å²) in [6, 6.07) is 13.9. The maximum absolute atomic E-state index is 13.0. The first-order chi connectivity index (χ1) is 11.4. The molecule has 0 amide bonds. The third kappa shape index (κ3) is 3.98. The third-order valence-corrected chi connectivity index (χ3v) is 4.03. The van der Waals surface area contributed by atoms with Gasteiger partial charge in [-0.3, -0.25) is 15.5 Å². The minimum atomic E-state index is -5.06. The smallest absolute Gasteiger partial charge is 0.291 e. The van der Waals surface area contributed by atoms with Crippen LogP contribution in [-0.4, -0.2) is 23.4 Å². The van der Waals surface area contributed by atoms with Crippen molar-refractivity contribution in [2.45, 2.75) is 11.1 Å². The molecule has 0 saturated heterocycles. The second kappa shape index (κ2) is 7.55. The highest BCUT2D eigenvalue weighted by molar-refractivity contribution is 7.98. The molecule has 126 valence electrons. The Hall–Kier alpha value is -2.25. The van der Waals surface area contributed by atoms with Crippen molar-refractivity contribution in [1.29, 1.82) is 0 Å². The lowest BCUT2D eigenvalue weighted by atomic mass is 9.96. The van der Waals surface area contributed by atoms with Gasteiger partial charge >= 0.3 is 6.18 Å². The number of hydroxylamine groups is 1. The van der Waals surface area contributed by atoms with Crippen molar-refractivity contribution in [3.05, 3.63) is 65.7 Å². The number of allylic oxidation sites excluding steroid dienone is 1. The molecular formula is C17H14F3NO2S. The molecular weight excluding hydrogens is 339 g/mol. The summed E-state index contributed by atoms with van der Waals surface area (Å²) < 4.78 is 39.1. The van der Waals surface area contributed by atoms with Crippen LogP contribution in [0.15, 0.2) is 59.5 Å². The Labute approximate surface area is 141 Å². The van der Waals surface area contributed by atoms with Gasteiger partial charge in [-0.1, -0.05) is 42.5 Å². The molecule has 0 aliphatic carbocycles. The first-order valence-corrected chi connectivity index (χ1v) is 8.06. The van der Waals surface area contributed by atoms with Crippen molar-refractivity contribution in [2.75, 3.05) is 6.26 Å². The van der Waals surface area contributed by atoms with Crippen LogP contribution in [0.2, 0.25) is 0 Å². The zero-order valence-electron chi connectivity index (χ0n) is 12.6. The van der Waals surface area contributed by atoms with Crippen LogP contribution in [0.1, 0.15) is 11.1 Å². The summed E-state index contributed by atoms with van der Waals surface area (Å²) in [6.07, 6.45) is -3.20. The summed E-state index contributed by atoms with van der Waals surface area (Å²) in [5.41, 5.74) is 1.16. The van der Waals surface area contributed by atoms with Crippen molar-refractivity contribution in [2.24, 2.45) is 0 Å². The van der Waals surface area contributed by atoms with Gasteiger partial charge in [-0.15, -0.1) is 11.8 Å². The summed E-state index contributed by atoms with van der Waals surface area (Å²) in [5.74, 6) is -2.03. The van der Waals surface area contributed by atoms with Crippen LogP contribution >= 0.6 is 11.8 Å². The highest BCUT2D eigenvalue weighted by atomic mass is 32.2. The number of alkyl halides is 3. The predicted octanol–water partition coefficient (Wildman–Crippen LogP) is 4.39. The van der Waals surface area contributed by atoms with E-state index >= 15 is 0 Å². The number of benzene rings is 2. The van der Waals surface area contributed by atoms with Gasteiger partial charge in [-0.25, -0.2) is 0 Å². The molecule has 2 aromatic carbocycles. The van der Waals surface area contributed by atoms with Gasteiger partial charge in [0.1, 0.15) is 0 Å². The zero-order valence-corrected chi connectivity index (χ0v) is 13.4. The summed E-state index contributed by atoms with van der Waals surface area (Å²) >= 11 is 1.47. The summed E-state index contributed by atoms with van der Waals surface area (Å²) in [7, 11) is 0. The van der Waals surface area contributed by atoms with Crippen LogP contribution in [-0.2, 0) is 4.79 Å². The number of Topliss-reactive ketones (excluding diaryl/α,β-unsaturated/α-hetero) is 1. The van der Waals surface area contributed by atoms with Crippen molar-refractivity contribution < 1.29 is 23.2 Å². The molecule has 0 saturated carbocycles. The van der Waals surface area contributed by atoms with Crippen molar-refractivity contribution in [3.63, 3.8) is 0 Å². The molecule has 0 fully saturated rings. The van der Waals surface area contributed by atoms with E-state index in [0.29, 0.717) is 0 Å². The van der Waals surface area contributed by atoms with Crippen LogP contribution in [0, 0.1) is 0 Å². The number of rotatable bonds is 5. The van der Waals surface area contributed by atoms with E-state index in [0.717, 1.165) is 4.90 Å². The molecule has 2 rings (SSSR count). The normalized spacial score (nSPS) is 12.5.